The molecule has 1 heterocycles. The molecule has 0 aromatic carbocycles. The van der Waals surface area contributed by atoms with E-state index >= 15 is 0 Å². The molecule has 1 saturated heterocycles. The van der Waals surface area contributed by atoms with Crippen LogP contribution in [0.3, 0.4) is 0 Å². The average molecular weight is 278 g/mol. The van der Waals surface area contributed by atoms with E-state index < -0.39 is 10.0 Å². The molecule has 5 nitrogen and oxygen atoms in total. The average Bonchev–Trinajstić information content (AvgIpc) is 2.35. The van der Waals surface area contributed by atoms with Crippen LogP contribution in [0.2, 0.25) is 0 Å². The summed E-state index contributed by atoms with van der Waals surface area (Å²) in [6.07, 6.45) is 1.01. The van der Waals surface area contributed by atoms with Crippen molar-refractivity contribution in [1.29, 1.82) is 0 Å². The summed E-state index contributed by atoms with van der Waals surface area (Å²) >= 11 is 0. The number of ether oxygens (including phenoxy) is 1. The normalized spacial score (nSPS) is 20.2. The quantitative estimate of drug-likeness (QED) is 0.744. The van der Waals surface area contributed by atoms with Crippen LogP contribution in [-0.2, 0) is 14.8 Å². The van der Waals surface area contributed by atoms with Crippen molar-refractivity contribution in [2.75, 3.05) is 38.6 Å². The van der Waals surface area contributed by atoms with Gasteiger partial charge in [0.1, 0.15) is 0 Å². The highest BCUT2D eigenvalue weighted by atomic mass is 32.2. The molecule has 0 aliphatic carbocycles. The molecule has 0 aromatic heterocycles. The third-order valence-corrected chi connectivity index (χ3v) is 4.59. The fourth-order valence-corrected chi connectivity index (χ4v) is 2.82. The third kappa shape index (κ3) is 5.65. The van der Waals surface area contributed by atoms with Gasteiger partial charge < -0.3 is 4.74 Å². The molecule has 0 aromatic rings. The van der Waals surface area contributed by atoms with E-state index in [9.17, 15) is 8.42 Å². The van der Waals surface area contributed by atoms with Crippen LogP contribution < -0.4 is 4.72 Å². The maximum atomic E-state index is 11.5. The zero-order valence-electron chi connectivity index (χ0n) is 11.7. The van der Waals surface area contributed by atoms with E-state index in [4.69, 9.17) is 4.74 Å². The highest BCUT2D eigenvalue weighted by Crippen LogP contribution is 2.13. The van der Waals surface area contributed by atoms with Crippen molar-refractivity contribution in [3.05, 3.63) is 0 Å². The van der Waals surface area contributed by atoms with E-state index in [0.29, 0.717) is 12.5 Å². The summed E-state index contributed by atoms with van der Waals surface area (Å²) < 4.78 is 31.1. The zero-order valence-corrected chi connectivity index (χ0v) is 12.5. The number of nitrogens with one attached hydrogen (secondary N) is 1. The zero-order chi connectivity index (χ0) is 13.6. The Morgan fingerprint density at radius 3 is 2.39 bits per heavy atom. The second kappa shape index (κ2) is 7.43. The lowest BCUT2D eigenvalue weighted by atomic mass is 10.0. The van der Waals surface area contributed by atoms with Crippen LogP contribution in [0.25, 0.3) is 0 Å². The van der Waals surface area contributed by atoms with Crippen molar-refractivity contribution in [2.45, 2.75) is 33.2 Å². The molecule has 18 heavy (non-hydrogen) atoms. The largest absolute Gasteiger partial charge is 0.379 e. The van der Waals surface area contributed by atoms with Gasteiger partial charge in [0.25, 0.3) is 0 Å². The number of morpholine rings is 1. The Morgan fingerprint density at radius 1 is 1.28 bits per heavy atom. The smallest absolute Gasteiger partial charge is 0.211 e. The predicted molar refractivity (Wildman–Crippen MR) is 73.1 cm³/mol. The Balaban J connectivity index is 2.54. The molecular formula is C12H26N2O3S. The van der Waals surface area contributed by atoms with Crippen molar-refractivity contribution in [3.8, 4) is 0 Å². The molecule has 1 N–H and O–H groups in total. The van der Waals surface area contributed by atoms with Gasteiger partial charge in [0, 0.05) is 25.7 Å². The highest BCUT2D eigenvalue weighted by molar-refractivity contribution is 7.89. The first kappa shape index (κ1) is 15.9. The summed E-state index contributed by atoms with van der Waals surface area (Å²) in [6.45, 7) is 9.78. The number of hydrogen-bond acceptors (Lipinski definition) is 4. The van der Waals surface area contributed by atoms with Crippen molar-refractivity contribution < 1.29 is 13.2 Å². The lowest BCUT2D eigenvalue weighted by Gasteiger charge is -2.35. The molecule has 1 atom stereocenters. The van der Waals surface area contributed by atoms with Crippen LogP contribution in [-0.4, -0.2) is 58.0 Å². The van der Waals surface area contributed by atoms with E-state index in [-0.39, 0.29) is 11.8 Å². The summed E-state index contributed by atoms with van der Waals surface area (Å²) in [7, 11) is -3.10. The van der Waals surface area contributed by atoms with Gasteiger partial charge in [0.15, 0.2) is 0 Å². The first-order valence-electron chi connectivity index (χ1n) is 6.73. The van der Waals surface area contributed by atoms with Crippen LogP contribution >= 0.6 is 0 Å². The standard InChI is InChI=1S/C12H26N2O3S/c1-4-18(15,16)13-10-12(9-11(2)3)14-5-7-17-8-6-14/h11-13H,4-10H2,1-3H3. The molecule has 1 fully saturated rings. The van der Waals surface area contributed by atoms with Crippen LogP contribution in [0.15, 0.2) is 0 Å². The van der Waals surface area contributed by atoms with Crippen LogP contribution in [0.5, 0.6) is 0 Å². The molecule has 0 amide bonds. The van der Waals surface area contributed by atoms with Crippen molar-refractivity contribution in [2.24, 2.45) is 5.92 Å². The fourth-order valence-electron chi connectivity index (χ4n) is 2.17. The lowest BCUT2D eigenvalue weighted by molar-refractivity contribution is 0.0134. The molecule has 1 aliphatic rings. The Bertz CT molecular complexity index is 324. The minimum atomic E-state index is -3.10. The summed E-state index contributed by atoms with van der Waals surface area (Å²) in [4.78, 5) is 2.34. The Kier molecular flexibility index (Phi) is 6.55. The SMILES string of the molecule is CCS(=O)(=O)NCC(CC(C)C)N1CCOCC1. The van der Waals surface area contributed by atoms with E-state index in [1.54, 1.807) is 6.92 Å². The maximum absolute atomic E-state index is 11.5. The third-order valence-electron chi connectivity index (χ3n) is 3.22. The second-order valence-electron chi connectivity index (χ2n) is 5.18. The van der Waals surface area contributed by atoms with Crippen LogP contribution in [0.1, 0.15) is 27.2 Å². The van der Waals surface area contributed by atoms with Gasteiger partial charge in [-0.15, -0.1) is 0 Å². The second-order valence-corrected chi connectivity index (χ2v) is 7.28. The van der Waals surface area contributed by atoms with Gasteiger partial charge in [-0.2, -0.15) is 0 Å². The minimum absolute atomic E-state index is 0.143. The Morgan fingerprint density at radius 2 is 1.89 bits per heavy atom. The highest BCUT2D eigenvalue weighted by Gasteiger charge is 2.23. The first-order chi connectivity index (χ1) is 8.44. The molecular weight excluding hydrogens is 252 g/mol. The number of hydrogen-bond donors (Lipinski definition) is 1. The predicted octanol–water partition coefficient (Wildman–Crippen LogP) is 0.673. The Labute approximate surface area is 111 Å². The van der Waals surface area contributed by atoms with Gasteiger partial charge in [-0.3, -0.25) is 4.90 Å². The monoisotopic (exact) mass is 278 g/mol. The fraction of sp³-hybridized carbons (Fsp3) is 1.00. The number of sulfonamides is 1. The van der Waals surface area contributed by atoms with E-state index in [1.165, 1.54) is 0 Å². The van der Waals surface area contributed by atoms with Crippen LogP contribution in [0.4, 0.5) is 0 Å². The first-order valence-corrected chi connectivity index (χ1v) is 8.39. The van der Waals surface area contributed by atoms with Gasteiger partial charge in [0.05, 0.1) is 19.0 Å². The molecule has 0 bridgehead atoms. The summed E-state index contributed by atoms with van der Waals surface area (Å²) in [5, 5.41) is 0. The van der Waals surface area contributed by atoms with Gasteiger partial charge in [0.2, 0.25) is 10.0 Å². The van der Waals surface area contributed by atoms with Gasteiger partial charge in [-0.25, -0.2) is 13.1 Å². The van der Waals surface area contributed by atoms with Crippen molar-refractivity contribution in [3.63, 3.8) is 0 Å². The van der Waals surface area contributed by atoms with E-state index in [1.807, 2.05) is 0 Å². The molecule has 1 aliphatic heterocycles. The summed E-state index contributed by atoms with van der Waals surface area (Å²) in [5.41, 5.74) is 0. The topological polar surface area (TPSA) is 58.6 Å². The minimum Gasteiger partial charge on any atom is -0.379 e. The maximum Gasteiger partial charge on any atom is 0.211 e. The van der Waals surface area contributed by atoms with Gasteiger partial charge >= 0.3 is 0 Å². The van der Waals surface area contributed by atoms with Gasteiger partial charge in [-0.1, -0.05) is 13.8 Å². The molecule has 108 valence electrons. The molecule has 6 heteroatoms. The molecule has 0 radical (unpaired) electrons. The molecule has 1 unspecified atom stereocenters. The van der Waals surface area contributed by atoms with Crippen molar-refractivity contribution in [1.82, 2.24) is 9.62 Å². The lowest BCUT2D eigenvalue weighted by Crippen LogP contribution is -2.49. The number of nitrogens with zero attached hydrogens (tertiary/aromatic N) is 1. The number of rotatable bonds is 7. The molecule has 1 rings (SSSR count). The molecule has 0 spiro atoms. The van der Waals surface area contributed by atoms with Gasteiger partial charge in [-0.05, 0) is 19.3 Å². The van der Waals surface area contributed by atoms with E-state index in [2.05, 4.69) is 23.5 Å². The Hall–Kier alpha value is -0.170. The molecule has 0 saturated carbocycles. The van der Waals surface area contributed by atoms with Crippen molar-refractivity contribution >= 4 is 10.0 Å². The van der Waals surface area contributed by atoms with E-state index in [0.717, 1.165) is 32.7 Å². The summed E-state index contributed by atoms with van der Waals surface area (Å²) in [6, 6.07) is 0.273. The summed E-state index contributed by atoms with van der Waals surface area (Å²) in [5.74, 6) is 0.703. The van der Waals surface area contributed by atoms with Crippen LogP contribution in [0, 0.1) is 5.92 Å².